The second-order valence-electron chi connectivity index (χ2n) is 5.32. The molecule has 18 heavy (non-hydrogen) atoms. The van der Waals surface area contributed by atoms with Crippen LogP contribution in [0, 0.1) is 11.8 Å². The smallest absolute Gasteiger partial charge is 0.273 e. The minimum atomic E-state index is -2.90. The Labute approximate surface area is 106 Å². The number of carbonyl (C=O) groups is 1. The van der Waals surface area contributed by atoms with Crippen molar-refractivity contribution in [1.29, 1.82) is 0 Å². The summed E-state index contributed by atoms with van der Waals surface area (Å²) in [5, 5.41) is 0. The minimum Gasteiger partial charge on any atom is -0.299 e. The van der Waals surface area contributed by atoms with Gasteiger partial charge in [0.2, 0.25) is 0 Å². The van der Waals surface area contributed by atoms with Crippen LogP contribution in [-0.4, -0.2) is 5.78 Å². The average Bonchev–Trinajstić information content (AvgIpc) is 2.35. The van der Waals surface area contributed by atoms with Gasteiger partial charge < -0.3 is 0 Å². The zero-order chi connectivity index (χ0) is 13.2. The van der Waals surface area contributed by atoms with Gasteiger partial charge in [-0.05, 0) is 18.8 Å². The lowest BCUT2D eigenvalue weighted by molar-refractivity contribution is -0.130. The van der Waals surface area contributed by atoms with Crippen molar-refractivity contribution in [1.82, 2.24) is 0 Å². The Morgan fingerprint density at radius 1 is 1.28 bits per heavy atom. The molecule has 1 nitrogen and oxygen atoms in total. The first kappa shape index (κ1) is 13.2. The van der Waals surface area contributed by atoms with Crippen molar-refractivity contribution >= 4 is 5.78 Å². The molecule has 0 amide bonds. The van der Waals surface area contributed by atoms with E-state index in [4.69, 9.17) is 0 Å². The molecule has 1 aromatic carbocycles. The molecule has 2 unspecified atom stereocenters. The number of carbonyl (C=O) groups excluding carboxylic acids is 1. The van der Waals surface area contributed by atoms with Crippen LogP contribution in [0.2, 0.25) is 0 Å². The lowest BCUT2D eigenvalue weighted by Gasteiger charge is -2.28. The summed E-state index contributed by atoms with van der Waals surface area (Å²) in [4.78, 5) is 11.7. The van der Waals surface area contributed by atoms with Crippen LogP contribution in [-0.2, 0) is 10.7 Å². The zero-order valence-electron chi connectivity index (χ0n) is 10.5. The molecule has 0 saturated heterocycles. The van der Waals surface area contributed by atoms with Crippen LogP contribution in [0.3, 0.4) is 0 Å². The van der Waals surface area contributed by atoms with E-state index in [1.807, 2.05) is 6.92 Å². The molecule has 1 aromatic rings. The lowest BCUT2D eigenvalue weighted by atomic mass is 9.78. The van der Waals surface area contributed by atoms with Crippen molar-refractivity contribution in [2.75, 3.05) is 0 Å². The predicted molar refractivity (Wildman–Crippen MR) is 66.5 cm³/mol. The van der Waals surface area contributed by atoms with E-state index in [9.17, 15) is 13.6 Å². The molecule has 3 heteroatoms. The monoisotopic (exact) mass is 252 g/mol. The van der Waals surface area contributed by atoms with E-state index >= 15 is 0 Å². The molecular weight excluding hydrogens is 234 g/mol. The highest BCUT2D eigenvalue weighted by molar-refractivity contribution is 5.81. The zero-order valence-corrected chi connectivity index (χ0v) is 10.5. The summed E-state index contributed by atoms with van der Waals surface area (Å²) in [5.74, 6) is -3.01. The van der Waals surface area contributed by atoms with Crippen LogP contribution in [0.4, 0.5) is 8.78 Å². The first-order valence-corrected chi connectivity index (χ1v) is 6.45. The Balaban J connectivity index is 2.10. The van der Waals surface area contributed by atoms with Crippen LogP contribution in [0.1, 0.15) is 38.2 Å². The highest BCUT2D eigenvalue weighted by Crippen LogP contribution is 2.39. The van der Waals surface area contributed by atoms with Gasteiger partial charge in [-0.1, -0.05) is 37.3 Å². The summed E-state index contributed by atoms with van der Waals surface area (Å²) >= 11 is 0. The molecule has 2 rings (SSSR count). The normalized spacial score (nSPS) is 25.2. The Morgan fingerprint density at radius 3 is 2.61 bits per heavy atom. The van der Waals surface area contributed by atoms with Crippen molar-refractivity contribution in [3.63, 3.8) is 0 Å². The molecule has 1 fully saturated rings. The maximum atomic E-state index is 14.1. The van der Waals surface area contributed by atoms with E-state index in [2.05, 4.69) is 0 Å². The number of alkyl halides is 2. The first-order valence-electron chi connectivity index (χ1n) is 6.45. The van der Waals surface area contributed by atoms with Crippen molar-refractivity contribution < 1.29 is 13.6 Å². The van der Waals surface area contributed by atoms with Gasteiger partial charge in [0, 0.05) is 24.3 Å². The molecule has 0 heterocycles. The van der Waals surface area contributed by atoms with Crippen LogP contribution in [0.5, 0.6) is 0 Å². The maximum Gasteiger partial charge on any atom is 0.273 e. The van der Waals surface area contributed by atoms with Gasteiger partial charge in [-0.2, -0.15) is 0 Å². The molecule has 1 saturated carbocycles. The Bertz CT molecular complexity index is 414. The minimum absolute atomic E-state index is 0.00343. The highest BCUT2D eigenvalue weighted by atomic mass is 19.3. The van der Waals surface area contributed by atoms with Crippen molar-refractivity contribution in [3.05, 3.63) is 35.9 Å². The molecule has 2 atom stereocenters. The van der Waals surface area contributed by atoms with E-state index in [0.29, 0.717) is 18.8 Å². The summed E-state index contributed by atoms with van der Waals surface area (Å²) in [6, 6.07) is 7.78. The summed E-state index contributed by atoms with van der Waals surface area (Å²) in [7, 11) is 0. The second-order valence-corrected chi connectivity index (χ2v) is 5.32. The summed E-state index contributed by atoms with van der Waals surface area (Å²) in [6.45, 7) is 2.03. The molecule has 0 aromatic heterocycles. The summed E-state index contributed by atoms with van der Waals surface area (Å²) in [6.07, 6.45) is 1.55. The van der Waals surface area contributed by atoms with E-state index < -0.39 is 11.8 Å². The predicted octanol–water partition coefficient (Wildman–Crippen LogP) is 4.17. The number of hydrogen-bond acceptors (Lipinski definition) is 1. The topological polar surface area (TPSA) is 17.1 Å². The van der Waals surface area contributed by atoms with Crippen molar-refractivity contribution in [2.24, 2.45) is 11.8 Å². The third-order valence-corrected chi connectivity index (χ3v) is 3.72. The van der Waals surface area contributed by atoms with Crippen LogP contribution >= 0.6 is 0 Å². The van der Waals surface area contributed by atoms with Gasteiger partial charge in [0.15, 0.2) is 0 Å². The summed E-state index contributed by atoms with van der Waals surface area (Å²) < 4.78 is 28.2. The lowest BCUT2D eigenvalue weighted by Crippen LogP contribution is -2.29. The Kier molecular flexibility index (Phi) is 3.79. The number of halogens is 2. The quantitative estimate of drug-likeness (QED) is 0.789. The van der Waals surface area contributed by atoms with Gasteiger partial charge in [-0.25, -0.2) is 8.78 Å². The van der Waals surface area contributed by atoms with E-state index in [1.165, 1.54) is 12.1 Å². The van der Waals surface area contributed by atoms with Gasteiger partial charge in [0.05, 0.1) is 0 Å². The molecule has 1 aliphatic carbocycles. The average molecular weight is 252 g/mol. The molecule has 98 valence electrons. The fraction of sp³-hybridized carbons (Fsp3) is 0.533. The second kappa shape index (κ2) is 5.17. The molecule has 0 spiro atoms. The molecule has 1 aliphatic rings. The van der Waals surface area contributed by atoms with Crippen molar-refractivity contribution in [2.45, 2.75) is 38.5 Å². The molecule has 0 radical (unpaired) electrons. The van der Waals surface area contributed by atoms with E-state index in [-0.39, 0.29) is 17.8 Å². The van der Waals surface area contributed by atoms with Crippen LogP contribution in [0.25, 0.3) is 0 Å². The van der Waals surface area contributed by atoms with Gasteiger partial charge >= 0.3 is 0 Å². The SMILES string of the molecule is CC1CCC(=O)C(CC(F)(F)c2ccccc2)C1. The standard InChI is InChI=1S/C15H18F2O/c1-11-7-8-14(18)12(9-11)10-15(16,17)13-5-3-2-4-6-13/h2-6,11-12H,7-10H2,1H3. The number of ketones is 1. The Morgan fingerprint density at radius 2 is 1.94 bits per heavy atom. The molecule has 0 N–H and O–H groups in total. The summed E-state index contributed by atoms with van der Waals surface area (Å²) in [5.41, 5.74) is 0.0102. The fourth-order valence-electron chi connectivity index (χ4n) is 2.63. The number of benzene rings is 1. The number of hydrogen-bond donors (Lipinski definition) is 0. The maximum absolute atomic E-state index is 14.1. The van der Waals surface area contributed by atoms with Crippen molar-refractivity contribution in [3.8, 4) is 0 Å². The number of Topliss-reactive ketones (excluding diaryl/α,β-unsaturated/α-hetero) is 1. The van der Waals surface area contributed by atoms with Crippen LogP contribution < -0.4 is 0 Å². The van der Waals surface area contributed by atoms with Gasteiger partial charge in [0.25, 0.3) is 5.92 Å². The van der Waals surface area contributed by atoms with E-state index in [0.717, 1.165) is 6.42 Å². The molecule has 0 bridgehead atoms. The van der Waals surface area contributed by atoms with Crippen LogP contribution in [0.15, 0.2) is 30.3 Å². The van der Waals surface area contributed by atoms with Gasteiger partial charge in [-0.15, -0.1) is 0 Å². The highest BCUT2D eigenvalue weighted by Gasteiger charge is 2.38. The molecule has 0 aliphatic heterocycles. The Hall–Kier alpha value is -1.25. The largest absolute Gasteiger partial charge is 0.299 e. The molecular formula is C15H18F2O. The third kappa shape index (κ3) is 2.95. The van der Waals surface area contributed by atoms with Gasteiger partial charge in [0.1, 0.15) is 5.78 Å². The van der Waals surface area contributed by atoms with Gasteiger partial charge in [-0.3, -0.25) is 4.79 Å². The number of rotatable bonds is 3. The third-order valence-electron chi connectivity index (χ3n) is 3.72. The van der Waals surface area contributed by atoms with E-state index in [1.54, 1.807) is 18.2 Å². The fourth-order valence-corrected chi connectivity index (χ4v) is 2.63. The first-order chi connectivity index (χ1) is 8.49.